The van der Waals surface area contributed by atoms with Crippen LogP contribution in [0.25, 0.3) is 0 Å². The van der Waals surface area contributed by atoms with E-state index in [4.69, 9.17) is 0 Å². The van der Waals surface area contributed by atoms with Gasteiger partial charge in [0.1, 0.15) is 6.04 Å². The predicted octanol–water partition coefficient (Wildman–Crippen LogP) is 1.71. The molecule has 0 saturated carbocycles. The molecule has 2 amide bonds. The second-order valence-corrected chi connectivity index (χ2v) is 7.93. The third kappa shape index (κ3) is 4.55. The van der Waals surface area contributed by atoms with Crippen molar-refractivity contribution in [3.63, 3.8) is 0 Å². The van der Waals surface area contributed by atoms with Gasteiger partial charge in [0.25, 0.3) is 0 Å². The van der Waals surface area contributed by atoms with Crippen molar-refractivity contribution in [2.45, 2.75) is 57.8 Å². The van der Waals surface area contributed by atoms with Gasteiger partial charge in [0.15, 0.2) is 0 Å². The molecule has 0 spiro atoms. The van der Waals surface area contributed by atoms with Crippen molar-refractivity contribution in [1.82, 2.24) is 20.0 Å². The van der Waals surface area contributed by atoms with Crippen molar-refractivity contribution in [2.24, 2.45) is 0 Å². The van der Waals surface area contributed by atoms with Gasteiger partial charge in [-0.2, -0.15) is 0 Å². The summed E-state index contributed by atoms with van der Waals surface area (Å²) in [5.74, 6) is 0.338. The van der Waals surface area contributed by atoms with Crippen LogP contribution in [0.3, 0.4) is 0 Å². The minimum Gasteiger partial charge on any atom is -0.353 e. The quantitative estimate of drug-likeness (QED) is 0.775. The van der Waals surface area contributed by atoms with E-state index in [9.17, 15) is 9.59 Å². The normalized spacial score (nSPS) is 25.8. The summed E-state index contributed by atoms with van der Waals surface area (Å²) in [6.07, 6.45) is 2.31. The van der Waals surface area contributed by atoms with Crippen molar-refractivity contribution in [3.05, 3.63) is 35.9 Å². The Labute approximate surface area is 168 Å². The second kappa shape index (κ2) is 9.52. The van der Waals surface area contributed by atoms with Crippen molar-refractivity contribution >= 4 is 11.8 Å². The Morgan fingerprint density at radius 1 is 1.21 bits per heavy atom. The van der Waals surface area contributed by atoms with E-state index < -0.39 is 0 Å². The van der Waals surface area contributed by atoms with E-state index in [0.29, 0.717) is 13.0 Å². The Bertz CT molecular complexity index is 662. The molecule has 2 heterocycles. The number of carbonyl (C=O) groups is 2. The highest BCUT2D eigenvalue weighted by Gasteiger charge is 2.44. The smallest absolute Gasteiger partial charge is 0.239 e. The van der Waals surface area contributed by atoms with Gasteiger partial charge in [-0.15, -0.1) is 0 Å². The van der Waals surface area contributed by atoms with Gasteiger partial charge in [-0.25, -0.2) is 0 Å². The summed E-state index contributed by atoms with van der Waals surface area (Å²) in [7, 11) is 2.12. The van der Waals surface area contributed by atoms with Crippen molar-refractivity contribution in [2.75, 3.05) is 33.2 Å². The first-order valence-corrected chi connectivity index (χ1v) is 10.6. The molecule has 0 bridgehead atoms. The number of benzene rings is 1. The molecule has 2 aliphatic rings. The maximum Gasteiger partial charge on any atom is 0.239 e. The molecule has 0 radical (unpaired) electrons. The largest absolute Gasteiger partial charge is 0.353 e. The maximum absolute atomic E-state index is 12.9. The van der Waals surface area contributed by atoms with Gasteiger partial charge in [0, 0.05) is 51.2 Å². The Morgan fingerprint density at radius 3 is 2.61 bits per heavy atom. The van der Waals surface area contributed by atoms with Crippen molar-refractivity contribution in [3.8, 4) is 0 Å². The summed E-state index contributed by atoms with van der Waals surface area (Å²) in [6.45, 7) is 7.89. The van der Waals surface area contributed by atoms with Gasteiger partial charge in [-0.3, -0.25) is 19.4 Å². The van der Waals surface area contributed by atoms with Crippen LogP contribution in [0.15, 0.2) is 30.3 Å². The fraction of sp³-hybridized carbons (Fsp3) is 0.636. The summed E-state index contributed by atoms with van der Waals surface area (Å²) in [6, 6.07) is 10.6. The highest BCUT2D eigenvalue weighted by molar-refractivity contribution is 5.83. The minimum absolute atomic E-state index is 0.117. The minimum atomic E-state index is -0.117. The fourth-order valence-corrected chi connectivity index (χ4v) is 4.67. The zero-order valence-corrected chi connectivity index (χ0v) is 17.4. The van der Waals surface area contributed by atoms with Crippen LogP contribution in [0.5, 0.6) is 0 Å². The van der Waals surface area contributed by atoms with E-state index in [0.717, 1.165) is 39.0 Å². The van der Waals surface area contributed by atoms with E-state index in [1.807, 2.05) is 36.9 Å². The lowest BCUT2D eigenvalue weighted by atomic mass is 10.0. The lowest BCUT2D eigenvalue weighted by Gasteiger charge is -2.33. The number of fused-ring (bicyclic) bond motifs is 1. The SMILES string of the molecule is CCN(CC)C(=O)CC[C@@H]1CNC(=O)[C@H]2[C@@H](CCN2Cc2ccccc2)N1C. The van der Waals surface area contributed by atoms with E-state index >= 15 is 0 Å². The van der Waals surface area contributed by atoms with E-state index in [1.54, 1.807) is 0 Å². The van der Waals surface area contributed by atoms with Gasteiger partial charge < -0.3 is 10.2 Å². The second-order valence-electron chi connectivity index (χ2n) is 7.93. The molecule has 154 valence electrons. The molecule has 2 saturated heterocycles. The van der Waals surface area contributed by atoms with Gasteiger partial charge in [-0.05, 0) is 39.3 Å². The monoisotopic (exact) mass is 386 g/mol. The maximum atomic E-state index is 12.9. The molecule has 0 unspecified atom stereocenters. The summed E-state index contributed by atoms with van der Waals surface area (Å²) >= 11 is 0. The summed E-state index contributed by atoms with van der Waals surface area (Å²) in [5, 5.41) is 3.15. The summed E-state index contributed by atoms with van der Waals surface area (Å²) < 4.78 is 0. The van der Waals surface area contributed by atoms with Crippen LogP contribution in [-0.4, -0.2) is 77.9 Å². The average molecular weight is 387 g/mol. The van der Waals surface area contributed by atoms with Crippen LogP contribution in [0, 0.1) is 0 Å². The Morgan fingerprint density at radius 2 is 1.93 bits per heavy atom. The Kier molecular flexibility index (Phi) is 7.08. The average Bonchev–Trinajstić information content (AvgIpc) is 3.07. The zero-order valence-electron chi connectivity index (χ0n) is 17.4. The molecule has 1 aromatic carbocycles. The fourth-order valence-electron chi connectivity index (χ4n) is 4.67. The topological polar surface area (TPSA) is 55.9 Å². The molecule has 2 aliphatic heterocycles. The molecule has 0 aromatic heterocycles. The third-order valence-corrected chi connectivity index (χ3v) is 6.39. The number of likely N-dealkylation sites (N-methyl/N-ethyl adjacent to an activating group) is 1. The third-order valence-electron chi connectivity index (χ3n) is 6.39. The number of carbonyl (C=O) groups excluding carboxylic acids is 2. The van der Waals surface area contributed by atoms with Gasteiger partial charge in [-0.1, -0.05) is 30.3 Å². The lowest BCUT2D eigenvalue weighted by molar-refractivity contribution is -0.131. The molecule has 0 aliphatic carbocycles. The molecule has 1 N–H and O–H groups in total. The standard InChI is InChI=1S/C22H34N4O2/c1-4-25(5-2)20(27)12-11-18-15-23-22(28)21-19(24(18)3)13-14-26(21)16-17-9-7-6-8-10-17/h6-10,18-19,21H,4-5,11-16H2,1-3H3,(H,23,28)/t18-,19-,21-/m1/s1. The highest BCUT2D eigenvalue weighted by atomic mass is 16.2. The summed E-state index contributed by atoms with van der Waals surface area (Å²) in [4.78, 5) is 31.8. The number of hydrogen-bond acceptors (Lipinski definition) is 4. The Hall–Kier alpha value is -1.92. The number of nitrogens with one attached hydrogen (secondary N) is 1. The molecule has 6 nitrogen and oxygen atoms in total. The first-order valence-electron chi connectivity index (χ1n) is 10.6. The van der Waals surface area contributed by atoms with Crippen molar-refractivity contribution < 1.29 is 9.59 Å². The van der Waals surface area contributed by atoms with Crippen LogP contribution in [0.4, 0.5) is 0 Å². The van der Waals surface area contributed by atoms with Gasteiger partial charge in [0.05, 0.1) is 0 Å². The molecular weight excluding hydrogens is 352 g/mol. The van der Waals surface area contributed by atoms with E-state index in [-0.39, 0.29) is 29.9 Å². The molecule has 1 aromatic rings. The van der Waals surface area contributed by atoms with Gasteiger partial charge >= 0.3 is 0 Å². The number of likely N-dealkylation sites (tertiary alicyclic amines) is 1. The number of hydrogen-bond donors (Lipinski definition) is 1. The molecular formula is C22H34N4O2. The van der Waals surface area contributed by atoms with Crippen LogP contribution in [0.2, 0.25) is 0 Å². The number of nitrogens with zero attached hydrogens (tertiary/aromatic N) is 3. The van der Waals surface area contributed by atoms with Gasteiger partial charge in [0.2, 0.25) is 11.8 Å². The molecule has 3 atom stereocenters. The molecule has 6 heteroatoms. The van der Waals surface area contributed by atoms with Crippen LogP contribution < -0.4 is 5.32 Å². The van der Waals surface area contributed by atoms with Crippen LogP contribution in [0.1, 0.15) is 38.7 Å². The zero-order chi connectivity index (χ0) is 20.1. The van der Waals surface area contributed by atoms with E-state index in [2.05, 4.69) is 34.3 Å². The predicted molar refractivity (Wildman–Crippen MR) is 111 cm³/mol. The van der Waals surface area contributed by atoms with E-state index in [1.165, 1.54) is 5.56 Å². The summed E-state index contributed by atoms with van der Waals surface area (Å²) in [5.41, 5.74) is 1.24. The Balaban J connectivity index is 1.64. The molecule has 28 heavy (non-hydrogen) atoms. The number of amides is 2. The first kappa shape index (κ1) is 20.8. The van der Waals surface area contributed by atoms with Crippen LogP contribution in [-0.2, 0) is 16.1 Å². The first-order chi connectivity index (χ1) is 13.5. The molecule has 2 fully saturated rings. The highest BCUT2D eigenvalue weighted by Crippen LogP contribution is 2.28. The number of rotatable bonds is 7. The molecule has 3 rings (SSSR count). The van der Waals surface area contributed by atoms with Crippen LogP contribution >= 0.6 is 0 Å². The van der Waals surface area contributed by atoms with Crippen molar-refractivity contribution in [1.29, 1.82) is 0 Å². The lowest BCUT2D eigenvalue weighted by Crippen LogP contribution is -2.49.